The molecule has 2 heterocycles. The van der Waals surface area contributed by atoms with Crippen molar-refractivity contribution in [2.45, 2.75) is 37.1 Å². The van der Waals surface area contributed by atoms with Gasteiger partial charge >= 0.3 is 0 Å². The van der Waals surface area contributed by atoms with E-state index in [0.29, 0.717) is 11.6 Å². The Labute approximate surface area is 150 Å². The Bertz CT molecular complexity index is 830. The Hall–Kier alpha value is -2.35. The Kier molecular flexibility index (Phi) is 5.70. The zero-order chi connectivity index (χ0) is 17.6. The standard InChI is InChI=1S/C17H21N5O2S/c1-4-5-9-14-18-15(24-21-14)11-25-17-20-19-16(22(17)2)12-7-6-8-13(10-12)23-3/h6-8,10H,4-5,9,11H2,1-3H3. The first-order chi connectivity index (χ1) is 12.2. The lowest BCUT2D eigenvalue weighted by molar-refractivity contribution is 0.384. The van der Waals surface area contributed by atoms with Crippen LogP contribution in [0.5, 0.6) is 5.75 Å². The summed E-state index contributed by atoms with van der Waals surface area (Å²) in [6, 6.07) is 7.77. The van der Waals surface area contributed by atoms with Crippen LogP contribution in [0.4, 0.5) is 0 Å². The van der Waals surface area contributed by atoms with Gasteiger partial charge in [-0.2, -0.15) is 4.98 Å². The number of aromatic nitrogens is 5. The second kappa shape index (κ2) is 8.15. The van der Waals surface area contributed by atoms with Gasteiger partial charge in [0.05, 0.1) is 12.9 Å². The molecule has 0 unspecified atom stereocenters. The average Bonchev–Trinajstić information content (AvgIpc) is 3.24. The molecule has 0 spiro atoms. The van der Waals surface area contributed by atoms with Gasteiger partial charge in [-0.05, 0) is 18.6 Å². The number of thioether (sulfide) groups is 1. The molecule has 7 nitrogen and oxygen atoms in total. The van der Waals surface area contributed by atoms with Crippen LogP contribution >= 0.6 is 11.8 Å². The smallest absolute Gasteiger partial charge is 0.237 e. The molecule has 0 N–H and O–H groups in total. The third-order valence-corrected chi connectivity index (χ3v) is 4.76. The minimum absolute atomic E-state index is 0.573. The SMILES string of the molecule is CCCCc1noc(CSc2nnc(-c3cccc(OC)c3)n2C)n1. The van der Waals surface area contributed by atoms with E-state index in [4.69, 9.17) is 9.26 Å². The molecule has 0 bridgehead atoms. The van der Waals surface area contributed by atoms with Crippen molar-refractivity contribution in [3.05, 3.63) is 36.0 Å². The van der Waals surface area contributed by atoms with Gasteiger partial charge in [0.2, 0.25) is 5.89 Å². The van der Waals surface area contributed by atoms with Gasteiger partial charge in [-0.15, -0.1) is 10.2 Å². The van der Waals surface area contributed by atoms with E-state index in [1.54, 1.807) is 7.11 Å². The van der Waals surface area contributed by atoms with Crippen molar-refractivity contribution in [3.8, 4) is 17.1 Å². The van der Waals surface area contributed by atoms with Crippen LogP contribution in [0.3, 0.4) is 0 Å². The van der Waals surface area contributed by atoms with Crippen molar-refractivity contribution < 1.29 is 9.26 Å². The van der Waals surface area contributed by atoms with Crippen molar-refractivity contribution in [2.24, 2.45) is 7.05 Å². The Morgan fingerprint density at radius 3 is 2.96 bits per heavy atom. The number of methoxy groups -OCH3 is 1. The van der Waals surface area contributed by atoms with Crippen LogP contribution < -0.4 is 4.74 Å². The van der Waals surface area contributed by atoms with E-state index in [1.165, 1.54) is 11.8 Å². The molecule has 0 saturated heterocycles. The normalized spacial score (nSPS) is 11.0. The predicted molar refractivity (Wildman–Crippen MR) is 95.5 cm³/mol. The van der Waals surface area contributed by atoms with E-state index < -0.39 is 0 Å². The molecular weight excluding hydrogens is 338 g/mol. The van der Waals surface area contributed by atoms with Crippen molar-refractivity contribution in [2.75, 3.05) is 7.11 Å². The molecule has 0 aliphatic rings. The zero-order valence-electron chi connectivity index (χ0n) is 14.6. The first-order valence-corrected chi connectivity index (χ1v) is 9.18. The fourth-order valence-electron chi connectivity index (χ4n) is 2.37. The fourth-order valence-corrected chi connectivity index (χ4v) is 3.11. The van der Waals surface area contributed by atoms with Crippen molar-refractivity contribution in [3.63, 3.8) is 0 Å². The van der Waals surface area contributed by atoms with E-state index in [-0.39, 0.29) is 0 Å². The molecule has 0 radical (unpaired) electrons. The summed E-state index contributed by atoms with van der Waals surface area (Å²) in [5, 5.41) is 13.4. The summed E-state index contributed by atoms with van der Waals surface area (Å²) in [5.41, 5.74) is 0.959. The highest BCUT2D eigenvalue weighted by Crippen LogP contribution is 2.26. The number of benzene rings is 1. The highest BCUT2D eigenvalue weighted by atomic mass is 32.2. The highest BCUT2D eigenvalue weighted by Gasteiger charge is 2.14. The number of ether oxygens (including phenoxy) is 1. The summed E-state index contributed by atoms with van der Waals surface area (Å²) in [6.45, 7) is 2.14. The van der Waals surface area contributed by atoms with Crippen LogP contribution in [0.25, 0.3) is 11.4 Å². The first-order valence-electron chi connectivity index (χ1n) is 8.19. The number of hydrogen-bond acceptors (Lipinski definition) is 7. The molecule has 0 atom stereocenters. The molecule has 3 aromatic rings. The maximum absolute atomic E-state index is 5.29. The van der Waals surface area contributed by atoms with E-state index in [2.05, 4.69) is 27.3 Å². The van der Waals surface area contributed by atoms with Gasteiger partial charge in [-0.25, -0.2) is 0 Å². The molecule has 0 saturated carbocycles. The fraction of sp³-hybridized carbons (Fsp3) is 0.412. The molecule has 3 rings (SSSR count). The van der Waals surface area contributed by atoms with Gasteiger partial charge < -0.3 is 13.8 Å². The molecule has 0 amide bonds. The summed E-state index contributed by atoms with van der Waals surface area (Å²) in [6.07, 6.45) is 3.04. The summed E-state index contributed by atoms with van der Waals surface area (Å²) < 4.78 is 12.5. The van der Waals surface area contributed by atoms with Gasteiger partial charge in [-0.1, -0.05) is 42.4 Å². The van der Waals surface area contributed by atoms with Gasteiger partial charge in [0.25, 0.3) is 0 Å². The average molecular weight is 359 g/mol. The Morgan fingerprint density at radius 1 is 1.28 bits per heavy atom. The first kappa shape index (κ1) is 17.5. The zero-order valence-corrected chi connectivity index (χ0v) is 15.4. The van der Waals surface area contributed by atoms with E-state index in [1.807, 2.05) is 35.9 Å². The Balaban J connectivity index is 1.68. The van der Waals surface area contributed by atoms with Crippen LogP contribution in [-0.4, -0.2) is 32.0 Å². The minimum Gasteiger partial charge on any atom is -0.497 e. The third-order valence-electron chi connectivity index (χ3n) is 3.75. The van der Waals surface area contributed by atoms with Gasteiger partial charge in [0, 0.05) is 19.0 Å². The van der Waals surface area contributed by atoms with Crippen molar-refractivity contribution in [1.82, 2.24) is 24.9 Å². The third kappa shape index (κ3) is 4.19. The molecular formula is C17H21N5O2S. The number of nitrogens with zero attached hydrogens (tertiary/aromatic N) is 5. The number of aryl methyl sites for hydroxylation is 1. The molecule has 0 aliphatic carbocycles. The summed E-state index contributed by atoms with van der Waals surface area (Å²) >= 11 is 1.52. The second-order valence-corrected chi connectivity index (χ2v) is 6.54. The van der Waals surface area contributed by atoms with Crippen LogP contribution in [0.2, 0.25) is 0 Å². The summed E-state index contributed by atoms with van der Waals surface area (Å²) in [4.78, 5) is 4.41. The summed E-state index contributed by atoms with van der Waals surface area (Å²) in [5.74, 6) is 3.54. The monoisotopic (exact) mass is 359 g/mol. The second-order valence-electron chi connectivity index (χ2n) is 5.59. The number of rotatable bonds is 8. The maximum atomic E-state index is 5.29. The van der Waals surface area contributed by atoms with Gasteiger partial charge in [0.1, 0.15) is 5.75 Å². The molecule has 2 aromatic heterocycles. The minimum atomic E-state index is 0.573. The molecule has 0 fully saturated rings. The molecule has 0 aliphatic heterocycles. The number of unbranched alkanes of at least 4 members (excludes halogenated alkanes) is 1. The van der Waals surface area contributed by atoms with Crippen LogP contribution in [0.15, 0.2) is 33.9 Å². The maximum Gasteiger partial charge on any atom is 0.237 e. The summed E-state index contributed by atoms with van der Waals surface area (Å²) in [7, 11) is 3.59. The highest BCUT2D eigenvalue weighted by molar-refractivity contribution is 7.98. The Morgan fingerprint density at radius 2 is 2.16 bits per heavy atom. The van der Waals surface area contributed by atoms with E-state index in [0.717, 1.165) is 47.4 Å². The van der Waals surface area contributed by atoms with Crippen LogP contribution in [-0.2, 0) is 19.2 Å². The van der Waals surface area contributed by atoms with Gasteiger partial charge in [-0.3, -0.25) is 0 Å². The molecule has 25 heavy (non-hydrogen) atoms. The lowest BCUT2D eigenvalue weighted by atomic mass is 10.2. The molecule has 8 heteroatoms. The van der Waals surface area contributed by atoms with Crippen molar-refractivity contribution >= 4 is 11.8 Å². The number of hydrogen-bond donors (Lipinski definition) is 0. The van der Waals surface area contributed by atoms with E-state index in [9.17, 15) is 0 Å². The molecule has 1 aromatic carbocycles. The molecule has 132 valence electrons. The van der Waals surface area contributed by atoms with E-state index >= 15 is 0 Å². The van der Waals surface area contributed by atoms with Gasteiger partial charge in [0.15, 0.2) is 16.8 Å². The van der Waals surface area contributed by atoms with Crippen LogP contribution in [0, 0.1) is 0 Å². The quantitative estimate of drug-likeness (QED) is 0.569. The van der Waals surface area contributed by atoms with Crippen molar-refractivity contribution in [1.29, 1.82) is 0 Å². The lowest BCUT2D eigenvalue weighted by Crippen LogP contribution is -1.95. The topological polar surface area (TPSA) is 78.9 Å². The predicted octanol–water partition coefficient (Wildman–Crippen LogP) is 3.51. The lowest BCUT2D eigenvalue weighted by Gasteiger charge is -2.05. The van der Waals surface area contributed by atoms with Crippen LogP contribution in [0.1, 0.15) is 31.5 Å². The largest absolute Gasteiger partial charge is 0.497 e.